The van der Waals surface area contributed by atoms with E-state index in [-0.39, 0.29) is 0 Å². The van der Waals surface area contributed by atoms with Crippen molar-refractivity contribution in [3.05, 3.63) is 485 Å². The van der Waals surface area contributed by atoms with E-state index in [1.54, 1.807) is 0 Å². The van der Waals surface area contributed by atoms with E-state index in [2.05, 4.69) is 491 Å². The number of fused-ring (bicyclic) bond motifs is 28. The van der Waals surface area contributed by atoms with Crippen LogP contribution < -0.4 is 0 Å². The van der Waals surface area contributed by atoms with Crippen LogP contribution in [0, 0.1) is 0 Å². The van der Waals surface area contributed by atoms with Crippen LogP contribution in [0.15, 0.2) is 494 Å². The normalized spacial score (nSPS) is 12.1. The fourth-order valence-corrected chi connectivity index (χ4v) is 24.2. The largest absolute Gasteiger partial charge is 0.455 e. The molecular formula is C138H80N10O2. The van der Waals surface area contributed by atoms with Gasteiger partial charge in [0.05, 0.1) is 55.3 Å². The van der Waals surface area contributed by atoms with E-state index in [1.165, 1.54) is 16.2 Å². The maximum Gasteiger partial charge on any atom is 0.167 e. The molecule has 24 aromatic carbocycles. The standard InChI is InChI=1S/C138H80N10O2/c1-5-26-81(27-6-1)83-48-52-86(53-49-83)133-139-135(93-60-64-107-105-38-17-21-44-119(105)145(121(107)77-93)97-33-9-3-10-34-97)143-137(141-133)117-74-92-58-62-100(80-114(92)128-113-41-20-24-47-126(113)150-132(117)128)148-124-79-95-70-91(57-56-90(95)73-116(124)110-66-59-85-30-15-16-37-103(85)129(110)148)101-42-25-43-109-104(101)68-69-111-115-72-88-31-13-14-32-89(88)76-123(115)147(130(109)111)99-63-67-102-96(71-99)75-118(131-127(102)112-40-19-23-46-125(112)149-131)138-142-134(87-54-50-84(51-55-87)82-28-7-2-8-29-82)140-136(144-138)94-61-65-108-106-39-18-22-45-120(106)146(122(108)78-94)98-35-11-4-12-36-98/h1-80H. The predicted octanol–water partition coefficient (Wildman–Crippen LogP) is 36.2. The molecular weight excluding hydrogens is 1830 g/mol. The highest BCUT2D eigenvalue weighted by molar-refractivity contribution is 6.28. The SMILES string of the molecule is c1ccc(-c2ccc(-c3nc(-c4ccc5c6ccccc6n(-c6ccccc6)c5c4)nc(-c4cc5cc(-n6c7cc8ccccc8cc7c7ccc8c(-c9ccc%10cc%11c%12ccc%13ccccc%13c%12n(-c%12ccc%13cc(-c%14nc(-c%15ccc(-c%16ccccc%16)cc%15)nc(-c%15ccc%16c%17ccccc%17n(-c%17ccccc%17)c%16c%15)n%14)c%14oc%15ccccc%15c%14c%13c%12)c%11cc%10c9)cccc8c76)ccc5c5c4oc4ccccc45)n3)cc2)cc1. The average Bonchev–Trinajstić information content (AvgIpc) is 1.56. The van der Waals surface area contributed by atoms with Crippen LogP contribution in [-0.4, -0.2) is 48.2 Å². The van der Waals surface area contributed by atoms with Crippen LogP contribution in [0.1, 0.15) is 0 Å². The third kappa shape index (κ3) is 12.9. The molecule has 0 unspecified atom stereocenters. The van der Waals surface area contributed by atoms with Crippen LogP contribution in [0.4, 0.5) is 0 Å². The summed E-state index contributed by atoms with van der Waals surface area (Å²) in [6.45, 7) is 0. The van der Waals surface area contributed by atoms with E-state index in [4.69, 9.17) is 38.7 Å². The maximum atomic E-state index is 7.27. The Hall–Kier alpha value is -20.3. The van der Waals surface area contributed by atoms with E-state index < -0.39 is 0 Å². The molecule has 0 amide bonds. The van der Waals surface area contributed by atoms with Gasteiger partial charge in [-0.05, 0) is 215 Å². The van der Waals surface area contributed by atoms with E-state index in [1.807, 2.05) is 12.1 Å². The highest BCUT2D eigenvalue weighted by Gasteiger charge is 2.29. The van der Waals surface area contributed by atoms with Gasteiger partial charge < -0.3 is 27.1 Å². The molecule has 694 valence electrons. The van der Waals surface area contributed by atoms with Gasteiger partial charge >= 0.3 is 0 Å². The Balaban J connectivity index is 0.556. The molecule has 8 aromatic heterocycles. The van der Waals surface area contributed by atoms with E-state index in [0.717, 1.165) is 258 Å². The molecule has 0 saturated heterocycles. The first kappa shape index (κ1) is 83.2. The lowest BCUT2D eigenvalue weighted by atomic mass is 9.94. The van der Waals surface area contributed by atoms with Gasteiger partial charge in [-0.25, -0.2) is 29.9 Å². The van der Waals surface area contributed by atoms with Gasteiger partial charge in [-0.15, -0.1) is 0 Å². The maximum absolute atomic E-state index is 7.27. The second-order valence-electron chi connectivity index (χ2n) is 39.5. The Morgan fingerprint density at radius 2 is 0.507 bits per heavy atom. The molecule has 0 saturated carbocycles. The summed E-state index contributed by atoms with van der Waals surface area (Å²) in [5.74, 6) is 3.15. The highest BCUT2D eigenvalue weighted by Crippen LogP contribution is 2.51. The molecule has 0 radical (unpaired) electrons. The third-order valence-electron chi connectivity index (χ3n) is 31.1. The van der Waals surface area contributed by atoms with Crippen molar-refractivity contribution >= 4 is 196 Å². The topological polar surface area (TPSA) is 123 Å². The summed E-state index contributed by atoms with van der Waals surface area (Å²) in [6.07, 6.45) is 0. The van der Waals surface area contributed by atoms with Crippen molar-refractivity contribution in [3.63, 3.8) is 0 Å². The van der Waals surface area contributed by atoms with Crippen molar-refractivity contribution in [2.75, 3.05) is 0 Å². The Kier molecular flexibility index (Phi) is 18.1. The van der Waals surface area contributed by atoms with E-state index >= 15 is 0 Å². The Morgan fingerprint density at radius 1 is 0.147 bits per heavy atom. The quantitative estimate of drug-likeness (QED) is 0.112. The second kappa shape index (κ2) is 32.6. The minimum absolute atomic E-state index is 0.490. The molecule has 8 heterocycles. The Morgan fingerprint density at radius 3 is 1.08 bits per heavy atom. The molecule has 0 aliphatic heterocycles. The van der Waals surface area contributed by atoms with Crippen LogP contribution in [-0.2, 0) is 0 Å². The van der Waals surface area contributed by atoms with Gasteiger partial charge in [-0.2, -0.15) is 0 Å². The Bertz CT molecular complexity index is 11400. The number of hydrogen-bond donors (Lipinski definition) is 0. The summed E-state index contributed by atoms with van der Waals surface area (Å²) in [6, 6.07) is 175. The number of rotatable bonds is 13. The zero-order valence-electron chi connectivity index (χ0n) is 80.5. The third-order valence-corrected chi connectivity index (χ3v) is 31.1. The van der Waals surface area contributed by atoms with Gasteiger partial charge in [0.1, 0.15) is 22.3 Å². The lowest BCUT2D eigenvalue weighted by Gasteiger charge is -2.15. The van der Waals surface area contributed by atoms with Crippen molar-refractivity contribution in [1.29, 1.82) is 0 Å². The smallest absolute Gasteiger partial charge is 0.167 e. The van der Waals surface area contributed by atoms with Crippen LogP contribution in [0.5, 0.6) is 0 Å². The molecule has 32 rings (SSSR count). The lowest BCUT2D eigenvalue weighted by molar-refractivity contribution is 0.669. The van der Waals surface area contributed by atoms with Crippen molar-refractivity contribution in [3.8, 4) is 124 Å². The average molecular weight is 1910 g/mol. The van der Waals surface area contributed by atoms with E-state index in [0.29, 0.717) is 46.1 Å². The number of furan rings is 2. The molecule has 12 heteroatoms. The fraction of sp³-hybridized carbons (Fsp3) is 0. The van der Waals surface area contributed by atoms with Crippen molar-refractivity contribution in [2.45, 2.75) is 0 Å². The van der Waals surface area contributed by atoms with E-state index in [9.17, 15) is 0 Å². The number of aromatic nitrogens is 10. The van der Waals surface area contributed by atoms with Gasteiger partial charge in [-0.1, -0.05) is 358 Å². The molecule has 12 nitrogen and oxygen atoms in total. The summed E-state index contributed by atoms with van der Waals surface area (Å²) in [5, 5.41) is 26.4. The number of nitrogens with zero attached hydrogens (tertiary/aromatic N) is 10. The molecule has 150 heavy (non-hydrogen) atoms. The van der Waals surface area contributed by atoms with Gasteiger partial charge in [0.15, 0.2) is 34.9 Å². The summed E-state index contributed by atoms with van der Waals surface area (Å²) in [7, 11) is 0. The molecule has 0 atom stereocenters. The molecule has 32 aromatic rings. The minimum Gasteiger partial charge on any atom is -0.455 e. The molecule has 0 N–H and O–H groups in total. The van der Waals surface area contributed by atoms with Gasteiger partial charge in [-0.3, -0.25) is 0 Å². The lowest BCUT2D eigenvalue weighted by Crippen LogP contribution is -2.01. The monoisotopic (exact) mass is 1910 g/mol. The highest BCUT2D eigenvalue weighted by atomic mass is 16.3. The summed E-state index contributed by atoms with van der Waals surface area (Å²) >= 11 is 0. The molecule has 0 aliphatic rings. The summed E-state index contributed by atoms with van der Waals surface area (Å²) in [5.41, 5.74) is 27.4. The Labute approximate surface area is 856 Å². The number of para-hydroxylation sites is 6. The zero-order valence-corrected chi connectivity index (χ0v) is 80.5. The van der Waals surface area contributed by atoms with Crippen LogP contribution in [0.2, 0.25) is 0 Å². The summed E-state index contributed by atoms with van der Waals surface area (Å²) in [4.78, 5) is 33.2. The first-order valence-electron chi connectivity index (χ1n) is 50.9. The molecule has 0 bridgehead atoms. The first-order chi connectivity index (χ1) is 74.3. The molecule has 0 fully saturated rings. The van der Waals surface area contributed by atoms with Crippen LogP contribution in [0.25, 0.3) is 320 Å². The number of hydrogen-bond acceptors (Lipinski definition) is 8. The van der Waals surface area contributed by atoms with Crippen molar-refractivity contribution < 1.29 is 8.83 Å². The van der Waals surface area contributed by atoms with Gasteiger partial charge in [0.2, 0.25) is 0 Å². The first-order valence-corrected chi connectivity index (χ1v) is 50.9. The fourth-order valence-electron chi connectivity index (χ4n) is 24.2. The van der Waals surface area contributed by atoms with Crippen molar-refractivity contribution in [2.24, 2.45) is 0 Å². The zero-order chi connectivity index (χ0) is 98.0. The number of benzene rings is 24. The minimum atomic E-state index is 0.490. The summed E-state index contributed by atoms with van der Waals surface area (Å²) < 4.78 is 24.2. The van der Waals surface area contributed by atoms with Crippen LogP contribution >= 0.6 is 0 Å². The second-order valence-corrected chi connectivity index (χ2v) is 39.5. The predicted molar refractivity (Wildman–Crippen MR) is 619 cm³/mol. The molecule has 0 spiro atoms. The van der Waals surface area contributed by atoms with Gasteiger partial charge in [0, 0.05) is 120 Å². The van der Waals surface area contributed by atoms with Gasteiger partial charge in [0.25, 0.3) is 0 Å². The molecule has 0 aliphatic carbocycles. The van der Waals surface area contributed by atoms with Crippen LogP contribution in [0.3, 0.4) is 0 Å². The van der Waals surface area contributed by atoms with Crippen molar-refractivity contribution in [1.82, 2.24) is 48.2 Å².